The number of aliphatic hydroxyl groups excluding tert-OH is 1. The van der Waals surface area contributed by atoms with E-state index in [0.29, 0.717) is 12.2 Å². The second kappa shape index (κ2) is 5.05. The van der Waals surface area contributed by atoms with Crippen LogP contribution in [0.4, 0.5) is 0 Å². The van der Waals surface area contributed by atoms with Gasteiger partial charge in [-0.2, -0.15) is 0 Å². The lowest BCUT2D eigenvalue weighted by molar-refractivity contribution is 0.159. The SMILES string of the molecule is CC(C)(C)NC[C@H](O)c1cccc(Br)n1. The Morgan fingerprint density at radius 1 is 1.47 bits per heavy atom. The second-order valence-electron chi connectivity index (χ2n) is 4.53. The minimum Gasteiger partial charge on any atom is -0.385 e. The van der Waals surface area contributed by atoms with Crippen molar-refractivity contribution < 1.29 is 5.11 Å². The standard InChI is InChI=1S/C11H17BrN2O/c1-11(2,3)13-7-9(15)8-5-4-6-10(12)14-8/h4-6,9,13,15H,7H2,1-3H3/t9-/m0/s1. The van der Waals surface area contributed by atoms with Gasteiger partial charge >= 0.3 is 0 Å². The molecular weight excluding hydrogens is 256 g/mol. The Labute approximate surface area is 99.1 Å². The fraction of sp³-hybridized carbons (Fsp3) is 0.545. The molecule has 15 heavy (non-hydrogen) atoms. The third kappa shape index (κ3) is 4.73. The predicted molar refractivity (Wildman–Crippen MR) is 64.7 cm³/mol. The van der Waals surface area contributed by atoms with E-state index in [0.717, 1.165) is 4.60 Å². The van der Waals surface area contributed by atoms with Gasteiger partial charge < -0.3 is 10.4 Å². The van der Waals surface area contributed by atoms with Crippen LogP contribution >= 0.6 is 15.9 Å². The Morgan fingerprint density at radius 3 is 2.67 bits per heavy atom. The van der Waals surface area contributed by atoms with E-state index in [1.807, 2.05) is 18.2 Å². The molecule has 0 aliphatic carbocycles. The first-order valence-electron chi connectivity index (χ1n) is 4.94. The number of hydrogen-bond donors (Lipinski definition) is 2. The maximum Gasteiger partial charge on any atom is 0.108 e. The number of aliphatic hydroxyl groups is 1. The summed E-state index contributed by atoms with van der Waals surface area (Å²) in [5.74, 6) is 0. The van der Waals surface area contributed by atoms with Crippen molar-refractivity contribution in [3.8, 4) is 0 Å². The van der Waals surface area contributed by atoms with Gasteiger partial charge in [-0.15, -0.1) is 0 Å². The summed E-state index contributed by atoms with van der Waals surface area (Å²) in [5, 5.41) is 13.1. The molecule has 0 fully saturated rings. The molecule has 1 rings (SSSR count). The van der Waals surface area contributed by atoms with E-state index in [1.54, 1.807) is 0 Å². The van der Waals surface area contributed by atoms with Gasteiger partial charge in [0.1, 0.15) is 10.7 Å². The van der Waals surface area contributed by atoms with Crippen molar-refractivity contribution in [3.63, 3.8) is 0 Å². The van der Waals surface area contributed by atoms with Crippen LogP contribution in [0.1, 0.15) is 32.6 Å². The van der Waals surface area contributed by atoms with E-state index in [9.17, 15) is 5.11 Å². The lowest BCUT2D eigenvalue weighted by atomic mass is 10.1. The summed E-state index contributed by atoms with van der Waals surface area (Å²) in [6.45, 7) is 6.70. The molecule has 3 nitrogen and oxygen atoms in total. The monoisotopic (exact) mass is 272 g/mol. The summed E-state index contributed by atoms with van der Waals surface area (Å²) in [4.78, 5) is 4.20. The second-order valence-corrected chi connectivity index (χ2v) is 5.34. The fourth-order valence-electron chi connectivity index (χ4n) is 1.12. The lowest BCUT2D eigenvalue weighted by Gasteiger charge is -2.22. The summed E-state index contributed by atoms with van der Waals surface area (Å²) in [5.41, 5.74) is 0.689. The van der Waals surface area contributed by atoms with E-state index in [-0.39, 0.29) is 5.54 Å². The lowest BCUT2D eigenvalue weighted by Crippen LogP contribution is -2.38. The quantitative estimate of drug-likeness (QED) is 0.830. The molecule has 0 saturated carbocycles. The molecule has 0 aliphatic rings. The first-order chi connectivity index (χ1) is 6.88. The number of halogens is 1. The van der Waals surface area contributed by atoms with Crippen molar-refractivity contribution in [2.45, 2.75) is 32.4 Å². The Kier molecular flexibility index (Phi) is 4.25. The van der Waals surface area contributed by atoms with Gasteiger partial charge in [0.25, 0.3) is 0 Å². The number of pyridine rings is 1. The van der Waals surface area contributed by atoms with Gasteiger partial charge in [0.05, 0.1) is 5.69 Å². The number of nitrogens with zero attached hydrogens (tertiary/aromatic N) is 1. The molecule has 2 N–H and O–H groups in total. The zero-order valence-electron chi connectivity index (χ0n) is 9.29. The van der Waals surface area contributed by atoms with Gasteiger partial charge in [-0.3, -0.25) is 0 Å². The van der Waals surface area contributed by atoms with E-state index < -0.39 is 6.10 Å². The van der Waals surface area contributed by atoms with Crippen molar-refractivity contribution in [2.24, 2.45) is 0 Å². The summed E-state index contributed by atoms with van der Waals surface area (Å²) in [6, 6.07) is 5.53. The molecule has 1 aromatic heterocycles. The predicted octanol–water partition coefficient (Wildman–Crippen LogP) is 2.27. The van der Waals surface area contributed by atoms with Gasteiger partial charge in [0.2, 0.25) is 0 Å². The van der Waals surface area contributed by atoms with Crippen molar-refractivity contribution in [1.82, 2.24) is 10.3 Å². The van der Waals surface area contributed by atoms with Crippen LogP contribution in [0.25, 0.3) is 0 Å². The van der Waals surface area contributed by atoms with Crippen LogP contribution in [0, 0.1) is 0 Å². The van der Waals surface area contributed by atoms with Crippen LogP contribution in [-0.2, 0) is 0 Å². The zero-order valence-corrected chi connectivity index (χ0v) is 10.9. The van der Waals surface area contributed by atoms with Gasteiger partial charge in [-0.1, -0.05) is 6.07 Å². The Balaban J connectivity index is 2.58. The van der Waals surface area contributed by atoms with E-state index in [2.05, 4.69) is 47.0 Å². The van der Waals surface area contributed by atoms with Crippen LogP contribution in [-0.4, -0.2) is 22.2 Å². The van der Waals surface area contributed by atoms with Gasteiger partial charge in [-0.05, 0) is 48.8 Å². The van der Waals surface area contributed by atoms with E-state index >= 15 is 0 Å². The minimum absolute atomic E-state index is 0.00694. The summed E-state index contributed by atoms with van der Waals surface area (Å²) < 4.78 is 0.745. The van der Waals surface area contributed by atoms with Crippen molar-refractivity contribution >= 4 is 15.9 Å². The smallest absolute Gasteiger partial charge is 0.108 e. The van der Waals surface area contributed by atoms with Crippen LogP contribution in [0.3, 0.4) is 0 Å². The maximum absolute atomic E-state index is 9.86. The van der Waals surface area contributed by atoms with Crippen molar-refractivity contribution in [2.75, 3.05) is 6.54 Å². The number of nitrogens with one attached hydrogen (secondary N) is 1. The molecule has 0 unspecified atom stereocenters. The highest BCUT2D eigenvalue weighted by molar-refractivity contribution is 9.10. The highest BCUT2D eigenvalue weighted by atomic mass is 79.9. The molecule has 0 aromatic carbocycles. The largest absolute Gasteiger partial charge is 0.385 e. The normalized spacial score (nSPS) is 13.9. The summed E-state index contributed by atoms with van der Waals surface area (Å²) in [6.07, 6.45) is -0.568. The molecule has 0 aliphatic heterocycles. The zero-order chi connectivity index (χ0) is 11.5. The summed E-state index contributed by atoms with van der Waals surface area (Å²) >= 11 is 3.28. The molecule has 0 saturated heterocycles. The average molecular weight is 273 g/mol. The van der Waals surface area contributed by atoms with Gasteiger partial charge in [0, 0.05) is 12.1 Å². The molecule has 0 radical (unpaired) electrons. The maximum atomic E-state index is 9.86. The average Bonchev–Trinajstić information content (AvgIpc) is 2.13. The Morgan fingerprint density at radius 2 is 2.13 bits per heavy atom. The molecule has 84 valence electrons. The molecule has 1 aromatic rings. The first-order valence-corrected chi connectivity index (χ1v) is 5.73. The van der Waals surface area contributed by atoms with E-state index in [4.69, 9.17) is 0 Å². The number of aromatic nitrogens is 1. The van der Waals surface area contributed by atoms with Gasteiger partial charge in [0.15, 0.2) is 0 Å². The first kappa shape index (κ1) is 12.6. The number of β-amino-alcohol motifs (C(OH)–C–C–N with tert-alkyl or cyclic N) is 1. The third-order valence-electron chi connectivity index (χ3n) is 1.90. The highest BCUT2D eigenvalue weighted by Gasteiger charge is 2.14. The highest BCUT2D eigenvalue weighted by Crippen LogP contribution is 2.13. The van der Waals surface area contributed by atoms with Crippen LogP contribution < -0.4 is 5.32 Å². The number of rotatable bonds is 3. The summed E-state index contributed by atoms with van der Waals surface area (Å²) in [7, 11) is 0. The van der Waals surface area contributed by atoms with Crippen molar-refractivity contribution in [1.29, 1.82) is 0 Å². The number of hydrogen-bond acceptors (Lipinski definition) is 3. The molecular formula is C11H17BrN2O. The Bertz CT molecular complexity index is 323. The van der Waals surface area contributed by atoms with Gasteiger partial charge in [-0.25, -0.2) is 4.98 Å². The van der Waals surface area contributed by atoms with Crippen LogP contribution in [0.5, 0.6) is 0 Å². The molecule has 4 heteroatoms. The minimum atomic E-state index is -0.568. The Hall–Kier alpha value is -0.450. The third-order valence-corrected chi connectivity index (χ3v) is 2.35. The molecule has 0 spiro atoms. The van der Waals surface area contributed by atoms with Crippen LogP contribution in [0.15, 0.2) is 22.8 Å². The fourth-order valence-corrected chi connectivity index (χ4v) is 1.47. The van der Waals surface area contributed by atoms with Crippen LogP contribution in [0.2, 0.25) is 0 Å². The molecule has 1 heterocycles. The molecule has 0 amide bonds. The topological polar surface area (TPSA) is 45.1 Å². The molecule has 0 bridgehead atoms. The molecule has 1 atom stereocenters. The van der Waals surface area contributed by atoms with E-state index in [1.165, 1.54) is 0 Å². The van der Waals surface area contributed by atoms with Crippen molar-refractivity contribution in [3.05, 3.63) is 28.5 Å².